The molecule has 0 radical (unpaired) electrons. The van der Waals surface area contributed by atoms with E-state index in [2.05, 4.69) is 26.0 Å². The van der Waals surface area contributed by atoms with Gasteiger partial charge in [0.2, 0.25) is 0 Å². The Balaban J connectivity index is 2.22. The summed E-state index contributed by atoms with van der Waals surface area (Å²) in [5.74, 6) is 1.82. The van der Waals surface area contributed by atoms with Gasteiger partial charge in [-0.1, -0.05) is 38.8 Å². The number of allylic oxidation sites excluding steroid dienone is 2. The molecule has 2 aliphatic carbocycles. The summed E-state index contributed by atoms with van der Waals surface area (Å²) in [5, 5.41) is 0. The molecule has 0 N–H and O–H groups in total. The van der Waals surface area contributed by atoms with Crippen molar-refractivity contribution in [3.63, 3.8) is 0 Å². The first kappa shape index (κ1) is 8.34. The highest BCUT2D eigenvalue weighted by molar-refractivity contribution is 5.05. The zero-order valence-corrected chi connectivity index (χ0v) is 8.34. The second-order valence-corrected chi connectivity index (χ2v) is 5.02. The molecule has 0 aliphatic heterocycles. The third-order valence-electron chi connectivity index (χ3n) is 4.05. The Morgan fingerprint density at radius 1 is 1.33 bits per heavy atom. The summed E-state index contributed by atoms with van der Waals surface area (Å²) in [4.78, 5) is 0. The van der Waals surface area contributed by atoms with Crippen LogP contribution in [0.5, 0.6) is 0 Å². The van der Waals surface area contributed by atoms with Gasteiger partial charge in [0.05, 0.1) is 0 Å². The Morgan fingerprint density at radius 3 is 2.92 bits per heavy atom. The second-order valence-electron chi connectivity index (χ2n) is 5.02. The molecule has 68 valence electrons. The molecule has 1 fully saturated rings. The van der Waals surface area contributed by atoms with Crippen molar-refractivity contribution < 1.29 is 0 Å². The molecule has 0 aromatic rings. The van der Waals surface area contributed by atoms with E-state index in [-0.39, 0.29) is 0 Å². The predicted octanol–water partition coefficient (Wildman–Crippen LogP) is 3.78. The summed E-state index contributed by atoms with van der Waals surface area (Å²) < 4.78 is 0. The molecule has 0 bridgehead atoms. The van der Waals surface area contributed by atoms with Crippen LogP contribution in [0.3, 0.4) is 0 Å². The molecule has 0 saturated heterocycles. The molecule has 0 heteroatoms. The van der Waals surface area contributed by atoms with Crippen LogP contribution in [0.25, 0.3) is 0 Å². The molecule has 2 aliphatic rings. The lowest BCUT2D eigenvalue weighted by atomic mass is 9.59. The maximum Gasteiger partial charge on any atom is -0.0154 e. The minimum atomic E-state index is 0.659. The maximum absolute atomic E-state index is 2.50. The zero-order valence-electron chi connectivity index (χ0n) is 8.34. The molecular formula is C12H20. The molecule has 2 rings (SSSR count). The van der Waals surface area contributed by atoms with E-state index < -0.39 is 0 Å². The van der Waals surface area contributed by atoms with Crippen molar-refractivity contribution in [3.05, 3.63) is 12.2 Å². The lowest BCUT2D eigenvalue weighted by Crippen LogP contribution is -2.36. The van der Waals surface area contributed by atoms with Crippen molar-refractivity contribution in [2.45, 2.75) is 46.0 Å². The molecule has 0 heterocycles. The van der Waals surface area contributed by atoms with Gasteiger partial charge in [-0.2, -0.15) is 0 Å². The van der Waals surface area contributed by atoms with Gasteiger partial charge in [0.25, 0.3) is 0 Å². The Morgan fingerprint density at radius 2 is 2.17 bits per heavy atom. The number of fused-ring (bicyclic) bond motifs is 1. The third-order valence-corrected chi connectivity index (χ3v) is 4.05. The van der Waals surface area contributed by atoms with Gasteiger partial charge in [-0.3, -0.25) is 0 Å². The summed E-state index contributed by atoms with van der Waals surface area (Å²) in [7, 11) is 0. The van der Waals surface area contributed by atoms with Crippen LogP contribution >= 0.6 is 0 Å². The SMILES string of the molecule is C[C@H]1CCC[C@@]2(C)CCC=CC12. The summed E-state index contributed by atoms with van der Waals surface area (Å²) in [6.45, 7) is 4.93. The summed E-state index contributed by atoms with van der Waals surface area (Å²) in [6.07, 6.45) is 12.0. The monoisotopic (exact) mass is 164 g/mol. The van der Waals surface area contributed by atoms with Gasteiger partial charge in [0.1, 0.15) is 0 Å². The van der Waals surface area contributed by atoms with Gasteiger partial charge in [-0.25, -0.2) is 0 Å². The minimum absolute atomic E-state index is 0.659. The van der Waals surface area contributed by atoms with Crippen LogP contribution < -0.4 is 0 Å². The van der Waals surface area contributed by atoms with E-state index in [0.717, 1.165) is 11.8 Å². The summed E-state index contributed by atoms with van der Waals surface area (Å²) in [6, 6.07) is 0. The average molecular weight is 164 g/mol. The van der Waals surface area contributed by atoms with Crippen molar-refractivity contribution in [2.24, 2.45) is 17.3 Å². The van der Waals surface area contributed by atoms with E-state index in [1.807, 2.05) is 0 Å². The minimum Gasteiger partial charge on any atom is -0.0882 e. The van der Waals surface area contributed by atoms with E-state index in [1.54, 1.807) is 0 Å². The smallest absolute Gasteiger partial charge is 0.0154 e. The van der Waals surface area contributed by atoms with Crippen LogP contribution in [0.15, 0.2) is 12.2 Å². The lowest BCUT2D eigenvalue weighted by molar-refractivity contribution is 0.0859. The van der Waals surface area contributed by atoms with Crippen LogP contribution in [-0.2, 0) is 0 Å². The highest BCUT2D eigenvalue weighted by Gasteiger charge is 2.39. The quantitative estimate of drug-likeness (QED) is 0.478. The largest absolute Gasteiger partial charge is 0.0882 e. The molecule has 0 amide bonds. The molecule has 0 aromatic carbocycles. The molecule has 3 atom stereocenters. The van der Waals surface area contributed by atoms with Crippen LogP contribution in [0.2, 0.25) is 0 Å². The Hall–Kier alpha value is -0.260. The Labute approximate surface area is 76.1 Å². The fourth-order valence-corrected chi connectivity index (χ4v) is 3.23. The van der Waals surface area contributed by atoms with E-state index >= 15 is 0 Å². The number of rotatable bonds is 0. The molecule has 0 spiro atoms. The fraction of sp³-hybridized carbons (Fsp3) is 0.833. The second kappa shape index (κ2) is 2.90. The zero-order chi connectivity index (χ0) is 8.60. The molecule has 1 saturated carbocycles. The van der Waals surface area contributed by atoms with Gasteiger partial charge in [-0.05, 0) is 36.5 Å². The van der Waals surface area contributed by atoms with Gasteiger partial charge in [0, 0.05) is 0 Å². The number of hydrogen-bond donors (Lipinski definition) is 0. The van der Waals surface area contributed by atoms with Gasteiger partial charge < -0.3 is 0 Å². The van der Waals surface area contributed by atoms with Crippen molar-refractivity contribution in [3.8, 4) is 0 Å². The van der Waals surface area contributed by atoms with Crippen molar-refractivity contribution in [1.82, 2.24) is 0 Å². The van der Waals surface area contributed by atoms with E-state index in [9.17, 15) is 0 Å². The van der Waals surface area contributed by atoms with Crippen LogP contribution in [0, 0.1) is 17.3 Å². The predicted molar refractivity (Wildman–Crippen MR) is 53.0 cm³/mol. The first-order valence-electron chi connectivity index (χ1n) is 5.39. The van der Waals surface area contributed by atoms with Gasteiger partial charge in [0.15, 0.2) is 0 Å². The molecule has 1 unspecified atom stereocenters. The summed E-state index contributed by atoms with van der Waals surface area (Å²) in [5.41, 5.74) is 0.659. The van der Waals surface area contributed by atoms with Gasteiger partial charge >= 0.3 is 0 Å². The Bertz CT molecular complexity index is 192. The highest BCUT2D eigenvalue weighted by Crippen LogP contribution is 2.49. The van der Waals surface area contributed by atoms with Crippen molar-refractivity contribution in [2.75, 3.05) is 0 Å². The number of hydrogen-bond acceptors (Lipinski definition) is 0. The fourth-order valence-electron chi connectivity index (χ4n) is 3.23. The van der Waals surface area contributed by atoms with Crippen LogP contribution in [-0.4, -0.2) is 0 Å². The maximum atomic E-state index is 2.50. The molecular weight excluding hydrogens is 144 g/mol. The Kier molecular flexibility index (Phi) is 2.02. The molecule has 0 aromatic heterocycles. The first-order valence-corrected chi connectivity index (χ1v) is 5.39. The highest BCUT2D eigenvalue weighted by atomic mass is 14.4. The topological polar surface area (TPSA) is 0 Å². The van der Waals surface area contributed by atoms with E-state index in [0.29, 0.717) is 5.41 Å². The van der Waals surface area contributed by atoms with E-state index in [4.69, 9.17) is 0 Å². The van der Waals surface area contributed by atoms with Crippen LogP contribution in [0.4, 0.5) is 0 Å². The first-order chi connectivity index (χ1) is 5.72. The normalized spacial score (nSPS) is 47.2. The lowest BCUT2D eigenvalue weighted by Gasteiger charge is -2.46. The average Bonchev–Trinajstić information content (AvgIpc) is 2.04. The summed E-state index contributed by atoms with van der Waals surface area (Å²) >= 11 is 0. The van der Waals surface area contributed by atoms with E-state index in [1.165, 1.54) is 32.1 Å². The van der Waals surface area contributed by atoms with Gasteiger partial charge in [-0.15, -0.1) is 0 Å². The standard InChI is InChI=1S/C12H20/c1-10-6-5-9-12(2)8-4-3-7-11(10)12/h3,7,10-11H,4-6,8-9H2,1-2H3/t10-,11?,12+/m0/s1. The van der Waals surface area contributed by atoms with Crippen molar-refractivity contribution in [1.29, 1.82) is 0 Å². The molecule has 0 nitrogen and oxygen atoms in total. The van der Waals surface area contributed by atoms with Crippen LogP contribution in [0.1, 0.15) is 46.0 Å². The molecule has 12 heavy (non-hydrogen) atoms. The van der Waals surface area contributed by atoms with Crippen molar-refractivity contribution >= 4 is 0 Å². The third kappa shape index (κ3) is 1.22.